The lowest BCUT2D eigenvalue weighted by Gasteiger charge is -2.44. The van der Waals surface area contributed by atoms with Gasteiger partial charge in [-0.05, 0) is 75.3 Å². The van der Waals surface area contributed by atoms with Crippen molar-refractivity contribution >= 4 is 0 Å². The lowest BCUT2D eigenvalue weighted by molar-refractivity contribution is -0.0320. The fourth-order valence-corrected chi connectivity index (χ4v) is 5.64. The van der Waals surface area contributed by atoms with Crippen molar-refractivity contribution in [1.29, 1.82) is 5.26 Å². The van der Waals surface area contributed by atoms with Crippen LogP contribution >= 0.6 is 0 Å². The summed E-state index contributed by atoms with van der Waals surface area (Å²) in [5, 5.41) is 19.3. The van der Waals surface area contributed by atoms with Crippen molar-refractivity contribution in [2.45, 2.75) is 69.7 Å². The monoisotopic (exact) mass is 369 g/mol. The van der Waals surface area contributed by atoms with Gasteiger partial charge in [-0.3, -0.25) is 4.90 Å². The molecule has 1 aliphatic heterocycles. The number of hydrogen-bond donors (Lipinski definition) is 2. The van der Waals surface area contributed by atoms with Crippen LogP contribution in [0.2, 0.25) is 0 Å². The Morgan fingerprint density at radius 3 is 2.74 bits per heavy atom. The molecule has 3 N–H and O–H groups in total. The molecule has 2 aliphatic carbocycles. The number of fused-ring (bicyclic) bond motifs is 1. The van der Waals surface area contributed by atoms with E-state index >= 15 is 0 Å². The van der Waals surface area contributed by atoms with E-state index in [1.165, 1.54) is 0 Å². The van der Waals surface area contributed by atoms with Crippen molar-refractivity contribution in [2.24, 2.45) is 17.1 Å². The van der Waals surface area contributed by atoms with Gasteiger partial charge in [-0.1, -0.05) is 6.92 Å². The van der Waals surface area contributed by atoms with Crippen LogP contribution in [0.4, 0.5) is 0 Å². The Morgan fingerprint density at radius 2 is 2.04 bits per heavy atom. The van der Waals surface area contributed by atoms with Gasteiger partial charge < -0.3 is 15.6 Å². The first kappa shape index (κ1) is 18.7. The zero-order valence-corrected chi connectivity index (χ0v) is 16.2. The van der Waals surface area contributed by atoms with E-state index in [1.807, 2.05) is 24.3 Å². The molecule has 27 heavy (non-hydrogen) atoms. The first-order chi connectivity index (χ1) is 13.0. The smallest absolute Gasteiger partial charge is 0.120 e. The van der Waals surface area contributed by atoms with E-state index in [0.717, 1.165) is 57.4 Å². The van der Waals surface area contributed by atoms with E-state index in [1.54, 1.807) is 0 Å². The summed E-state index contributed by atoms with van der Waals surface area (Å²) in [6.07, 6.45) is 5.95. The van der Waals surface area contributed by atoms with E-state index in [9.17, 15) is 5.11 Å². The Morgan fingerprint density at radius 1 is 1.26 bits per heavy atom. The fraction of sp³-hybridized carbons (Fsp3) is 0.682. The van der Waals surface area contributed by atoms with Gasteiger partial charge in [0, 0.05) is 24.0 Å². The van der Waals surface area contributed by atoms with Gasteiger partial charge in [0.2, 0.25) is 0 Å². The number of likely N-dealkylation sites (tertiary alicyclic amines) is 1. The van der Waals surface area contributed by atoms with Crippen LogP contribution in [0.25, 0.3) is 0 Å². The first-order valence-corrected chi connectivity index (χ1v) is 10.3. The summed E-state index contributed by atoms with van der Waals surface area (Å²) in [5.74, 6) is 1.31. The summed E-state index contributed by atoms with van der Waals surface area (Å²) >= 11 is 0. The highest BCUT2D eigenvalue weighted by Gasteiger charge is 2.57. The third-order valence-corrected chi connectivity index (χ3v) is 7.24. The molecule has 3 aliphatic rings. The maximum atomic E-state index is 10.2. The average molecular weight is 370 g/mol. The van der Waals surface area contributed by atoms with Gasteiger partial charge in [-0.15, -0.1) is 0 Å². The zero-order valence-electron chi connectivity index (χ0n) is 16.2. The van der Waals surface area contributed by atoms with E-state index < -0.39 is 0 Å². The summed E-state index contributed by atoms with van der Waals surface area (Å²) in [5.41, 5.74) is 6.99. The van der Waals surface area contributed by atoms with Crippen LogP contribution in [0.15, 0.2) is 24.3 Å². The van der Waals surface area contributed by atoms with Crippen molar-refractivity contribution in [3.05, 3.63) is 29.8 Å². The molecule has 146 valence electrons. The predicted octanol–water partition coefficient (Wildman–Crippen LogP) is 2.67. The number of aliphatic hydroxyl groups is 1. The molecule has 1 saturated heterocycles. The molecule has 4 rings (SSSR count). The zero-order chi connectivity index (χ0) is 19.0. The minimum Gasteiger partial charge on any atom is -0.488 e. The van der Waals surface area contributed by atoms with Crippen LogP contribution in [0.3, 0.4) is 0 Å². The number of hydrogen-bond acceptors (Lipinski definition) is 5. The number of nitriles is 1. The Labute approximate surface area is 162 Å². The number of benzene rings is 1. The molecule has 0 aromatic heterocycles. The Hall–Kier alpha value is -1.61. The average Bonchev–Trinajstić information content (AvgIpc) is 2.95. The van der Waals surface area contributed by atoms with Crippen LogP contribution in [-0.2, 0) is 0 Å². The van der Waals surface area contributed by atoms with E-state index in [2.05, 4.69) is 17.9 Å². The summed E-state index contributed by atoms with van der Waals surface area (Å²) in [6.45, 7) is 4.36. The van der Waals surface area contributed by atoms with Crippen LogP contribution in [-0.4, -0.2) is 47.4 Å². The minimum absolute atomic E-state index is 0.0688. The molecule has 6 atom stereocenters. The second kappa shape index (κ2) is 7.43. The molecule has 3 fully saturated rings. The Balaban J connectivity index is 1.60. The standard InChI is InChI=1S/C22H31N3O2/c1-22-9-8-18(26)11-16(22)12-20(25-10-2-3-17(24)14-25)21(22)27-19-6-4-15(13-23)5-7-19/h4-7,16-18,20-21,26H,2-3,8-12,14,24H2,1H3/t16-,17+,18-,20+,21-,22-/m0/s1. The van der Waals surface area contributed by atoms with Crippen LogP contribution in [0, 0.1) is 22.7 Å². The summed E-state index contributed by atoms with van der Waals surface area (Å²) < 4.78 is 6.61. The van der Waals surface area contributed by atoms with E-state index in [4.69, 9.17) is 15.7 Å². The molecule has 0 unspecified atom stereocenters. The molecule has 5 heteroatoms. The van der Waals surface area contributed by atoms with Gasteiger partial charge >= 0.3 is 0 Å². The molecular weight excluding hydrogens is 338 g/mol. The highest BCUT2D eigenvalue weighted by molar-refractivity contribution is 5.35. The van der Waals surface area contributed by atoms with Gasteiger partial charge in [-0.25, -0.2) is 0 Å². The van der Waals surface area contributed by atoms with Crippen LogP contribution in [0.5, 0.6) is 5.75 Å². The summed E-state index contributed by atoms with van der Waals surface area (Å²) in [7, 11) is 0. The van der Waals surface area contributed by atoms with Crippen LogP contribution in [0.1, 0.15) is 51.0 Å². The number of ether oxygens (including phenoxy) is 1. The predicted molar refractivity (Wildman–Crippen MR) is 104 cm³/mol. The molecule has 2 saturated carbocycles. The van der Waals surface area contributed by atoms with Gasteiger partial charge in [0.15, 0.2) is 0 Å². The molecular formula is C22H31N3O2. The lowest BCUT2D eigenvalue weighted by atomic mass is 9.67. The third-order valence-electron chi connectivity index (χ3n) is 7.24. The number of piperidine rings is 1. The highest BCUT2D eigenvalue weighted by Crippen LogP contribution is 2.54. The molecule has 0 bridgehead atoms. The van der Waals surface area contributed by atoms with Gasteiger partial charge in [0.05, 0.1) is 17.7 Å². The summed E-state index contributed by atoms with van der Waals surface area (Å²) in [4.78, 5) is 2.54. The number of aliphatic hydroxyl groups excluding tert-OH is 1. The second-order valence-electron chi connectivity index (χ2n) is 9.01. The van der Waals surface area contributed by atoms with Gasteiger partial charge in [0.1, 0.15) is 11.9 Å². The maximum Gasteiger partial charge on any atom is 0.120 e. The second-order valence-corrected chi connectivity index (χ2v) is 9.01. The molecule has 1 aromatic carbocycles. The van der Waals surface area contributed by atoms with Gasteiger partial charge in [0.25, 0.3) is 0 Å². The van der Waals surface area contributed by atoms with Crippen molar-refractivity contribution in [3.63, 3.8) is 0 Å². The first-order valence-electron chi connectivity index (χ1n) is 10.3. The molecule has 1 heterocycles. The molecule has 5 nitrogen and oxygen atoms in total. The van der Waals surface area contributed by atoms with Crippen molar-refractivity contribution in [3.8, 4) is 11.8 Å². The topological polar surface area (TPSA) is 82.5 Å². The Kier molecular flexibility index (Phi) is 5.15. The SMILES string of the molecule is C[C@]12CC[C@H](O)C[C@H]1C[C@@H](N1CCC[C@@H](N)C1)[C@@H]2Oc1ccc(C#N)cc1. The molecule has 0 amide bonds. The number of nitrogens with zero attached hydrogens (tertiary/aromatic N) is 2. The molecule has 0 radical (unpaired) electrons. The fourth-order valence-electron chi connectivity index (χ4n) is 5.64. The van der Waals surface area contributed by atoms with Gasteiger partial charge in [-0.2, -0.15) is 5.26 Å². The third kappa shape index (κ3) is 3.59. The van der Waals surface area contributed by atoms with E-state index in [0.29, 0.717) is 17.5 Å². The van der Waals surface area contributed by atoms with Crippen molar-refractivity contribution < 1.29 is 9.84 Å². The largest absolute Gasteiger partial charge is 0.488 e. The van der Waals surface area contributed by atoms with Crippen molar-refractivity contribution in [2.75, 3.05) is 13.1 Å². The highest BCUT2D eigenvalue weighted by atomic mass is 16.5. The molecule has 1 aromatic rings. The number of nitrogens with two attached hydrogens (primary N) is 1. The normalized spacial score (nSPS) is 39.6. The summed E-state index contributed by atoms with van der Waals surface area (Å²) in [6, 6.07) is 10.2. The van der Waals surface area contributed by atoms with Crippen molar-refractivity contribution in [1.82, 2.24) is 4.90 Å². The molecule has 0 spiro atoms. The quantitative estimate of drug-likeness (QED) is 0.856. The minimum atomic E-state index is -0.180. The number of rotatable bonds is 3. The van der Waals surface area contributed by atoms with E-state index in [-0.39, 0.29) is 23.7 Å². The maximum absolute atomic E-state index is 10.2. The lowest BCUT2D eigenvalue weighted by Crippen LogP contribution is -2.54. The van der Waals surface area contributed by atoms with Crippen LogP contribution < -0.4 is 10.5 Å². The Bertz CT molecular complexity index is 701.